The lowest BCUT2D eigenvalue weighted by atomic mass is 9.89. The van der Waals surface area contributed by atoms with Crippen LogP contribution in [0.5, 0.6) is 0 Å². The number of imidazole rings is 1. The number of carbonyl (C=O) groups is 2. The van der Waals surface area contributed by atoms with Crippen LogP contribution in [0.2, 0.25) is 0 Å². The molecule has 2 heterocycles. The smallest absolute Gasteiger partial charge is 0.414 e. The van der Waals surface area contributed by atoms with Crippen molar-refractivity contribution in [1.29, 1.82) is 0 Å². The lowest BCUT2D eigenvalue weighted by molar-refractivity contribution is -0.125. The number of aromatic nitrogens is 2. The van der Waals surface area contributed by atoms with Gasteiger partial charge in [-0.15, -0.1) is 0 Å². The number of nitrogens with one attached hydrogen (secondary N) is 2. The fourth-order valence-electron chi connectivity index (χ4n) is 3.43. The first-order chi connectivity index (χ1) is 12.2. The fraction of sp³-hybridized carbons (Fsp3) is 0.389. The van der Waals surface area contributed by atoms with E-state index in [1.807, 2.05) is 30.3 Å². The van der Waals surface area contributed by atoms with Crippen molar-refractivity contribution >= 4 is 17.7 Å². The van der Waals surface area contributed by atoms with Gasteiger partial charge in [-0.25, -0.2) is 9.78 Å². The third-order valence-electron chi connectivity index (χ3n) is 4.80. The number of amides is 2. The maximum atomic E-state index is 12.4. The Hall–Kier alpha value is -2.83. The molecular formula is C18H20N4O3. The first kappa shape index (κ1) is 15.7. The number of hydrogen-bond donors (Lipinski definition) is 2. The van der Waals surface area contributed by atoms with Gasteiger partial charge in [-0.05, 0) is 25.0 Å². The number of fused-ring (bicyclic) bond motifs is 1. The lowest BCUT2D eigenvalue weighted by Crippen LogP contribution is -2.39. The minimum absolute atomic E-state index is 0.00876. The Labute approximate surface area is 145 Å². The average molecular weight is 340 g/mol. The van der Waals surface area contributed by atoms with Crippen LogP contribution < -0.4 is 10.2 Å². The van der Waals surface area contributed by atoms with Crippen molar-refractivity contribution < 1.29 is 14.3 Å². The molecule has 1 fully saturated rings. The number of hydrogen-bond acceptors (Lipinski definition) is 4. The van der Waals surface area contributed by atoms with E-state index < -0.39 is 0 Å². The topological polar surface area (TPSA) is 87.3 Å². The van der Waals surface area contributed by atoms with Crippen LogP contribution in [0, 0.1) is 5.92 Å². The van der Waals surface area contributed by atoms with Crippen molar-refractivity contribution in [2.45, 2.75) is 25.4 Å². The Morgan fingerprint density at radius 2 is 2.20 bits per heavy atom. The molecule has 25 heavy (non-hydrogen) atoms. The number of benzene rings is 1. The number of aromatic amines is 1. The second kappa shape index (κ2) is 6.58. The molecular weight excluding hydrogens is 320 g/mol. The maximum absolute atomic E-state index is 12.4. The predicted octanol–water partition coefficient (Wildman–Crippen LogP) is 1.66. The number of H-pyrrole nitrogens is 1. The van der Waals surface area contributed by atoms with Crippen LogP contribution in [-0.2, 0) is 22.4 Å². The lowest BCUT2D eigenvalue weighted by Gasteiger charge is -2.21. The standard InChI is InChI=1S/C18H20N4O3/c23-17(12-6-7-15-16(8-12)21-11-20-15)19-9-14-10-22(18(24)25-14)13-4-2-1-3-5-13/h1-5,11-12,14H,6-10H2,(H,19,23)(H,20,21). The predicted molar refractivity (Wildman–Crippen MR) is 91.2 cm³/mol. The quantitative estimate of drug-likeness (QED) is 0.886. The van der Waals surface area contributed by atoms with Crippen molar-refractivity contribution in [1.82, 2.24) is 15.3 Å². The maximum Gasteiger partial charge on any atom is 0.414 e. The highest BCUT2D eigenvalue weighted by molar-refractivity contribution is 5.89. The number of para-hydroxylation sites is 1. The summed E-state index contributed by atoms with van der Waals surface area (Å²) in [6.45, 7) is 0.777. The zero-order valence-corrected chi connectivity index (χ0v) is 13.8. The van der Waals surface area contributed by atoms with E-state index in [-0.39, 0.29) is 24.0 Å². The van der Waals surface area contributed by atoms with Gasteiger partial charge in [0.25, 0.3) is 0 Å². The van der Waals surface area contributed by atoms with Crippen molar-refractivity contribution in [3.8, 4) is 0 Å². The van der Waals surface area contributed by atoms with Gasteiger partial charge in [0.2, 0.25) is 5.91 Å². The Morgan fingerprint density at radius 1 is 1.36 bits per heavy atom. The van der Waals surface area contributed by atoms with E-state index in [0.717, 1.165) is 29.9 Å². The van der Waals surface area contributed by atoms with Gasteiger partial charge >= 0.3 is 6.09 Å². The molecule has 0 radical (unpaired) electrons. The van der Waals surface area contributed by atoms with Crippen LogP contribution in [0.4, 0.5) is 10.5 Å². The van der Waals surface area contributed by atoms with E-state index in [1.165, 1.54) is 0 Å². The summed E-state index contributed by atoms with van der Waals surface area (Å²) < 4.78 is 5.37. The van der Waals surface area contributed by atoms with E-state index in [9.17, 15) is 9.59 Å². The molecule has 2 unspecified atom stereocenters. The molecule has 1 aliphatic carbocycles. The Morgan fingerprint density at radius 3 is 3.04 bits per heavy atom. The molecule has 2 atom stereocenters. The molecule has 2 amide bonds. The highest BCUT2D eigenvalue weighted by atomic mass is 16.6. The minimum atomic E-state index is -0.370. The van der Waals surface area contributed by atoms with Crippen molar-refractivity contribution in [2.24, 2.45) is 5.92 Å². The highest BCUT2D eigenvalue weighted by Gasteiger charge is 2.33. The summed E-state index contributed by atoms with van der Waals surface area (Å²) in [5, 5.41) is 2.93. The van der Waals surface area contributed by atoms with Crippen LogP contribution in [0.1, 0.15) is 17.8 Å². The summed E-state index contributed by atoms with van der Waals surface area (Å²) in [7, 11) is 0. The SMILES string of the molecule is O=C(NCC1CN(c2ccccc2)C(=O)O1)C1CCc2nc[nH]c2C1. The van der Waals surface area contributed by atoms with Crippen molar-refractivity contribution in [2.75, 3.05) is 18.0 Å². The molecule has 2 aromatic rings. The van der Waals surface area contributed by atoms with Gasteiger partial charge in [0.15, 0.2) is 0 Å². The molecule has 1 aromatic carbocycles. The molecule has 0 spiro atoms. The first-order valence-corrected chi connectivity index (χ1v) is 8.53. The number of nitrogens with zero attached hydrogens (tertiary/aromatic N) is 2. The average Bonchev–Trinajstić information content (AvgIpc) is 3.26. The Kier molecular flexibility index (Phi) is 4.13. The molecule has 1 aliphatic heterocycles. The summed E-state index contributed by atoms with van der Waals surface area (Å²) in [6, 6.07) is 9.39. The van der Waals surface area contributed by atoms with E-state index >= 15 is 0 Å². The zero-order valence-electron chi connectivity index (χ0n) is 13.8. The summed E-state index contributed by atoms with van der Waals surface area (Å²) >= 11 is 0. The van der Waals surface area contributed by atoms with Gasteiger partial charge in [0.05, 0.1) is 25.1 Å². The molecule has 130 valence electrons. The van der Waals surface area contributed by atoms with E-state index in [0.29, 0.717) is 19.5 Å². The van der Waals surface area contributed by atoms with Crippen LogP contribution >= 0.6 is 0 Å². The van der Waals surface area contributed by atoms with E-state index in [1.54, 1.807) is 11.2 Å². The van der Waals surface area contributed by atoms with Gasteiger partial charge in [0, 0.05) is 23.7 Å². The molecule has 0 bridgehead atoms. The van der Waals surface area contributed by atoms with Gasteiger partial charge in [0.1, 0.15) is 6.10 Å². The molecule has 2 aliphatic rings. The summed E-state index contributed by atoms with van der Waals surface area (Å²) in [6.07, 6.45) is 3.28. The van der Waals surface area contributed by atoms with Gasteiger partial charge in [-0.3, -0.25) is 9.69 Å². The van der Waals surface area contributed by atoms with Gasteiger partial charge < -0.3 is 15.0 Å². The molecule has 7 nitrogen and oxygen atoms in total. The van der Waals surface area contributed by atoms with Crippen LogP contribution in [0.15, 0.2) is 36.7 Å². The minimum Gasteiger partial charge on any atom is -0.442 e. The van der Waals surface area contributed by atoms with Gasteiger partial charge in [-0.2, -0.15) is 0 Å². The molecule has 1 aromatic heterocycles. The summed E-state index contributed by atoms with van der Waals surface area (Å²) in [4.78, 5) is 33.4. The van der Waals surface area contributed by atoms with Crippen molar-refractivity contribution in [3.05, 3.63) is 48.0 Å². The molecule has 0 saturated carbocycles. The highest BCUT2D eigenvalue weighted by Crippen LogP contribution is 2.23. The number of aryl methyl sites for hydroxylation is 1. The second-order valence-corrected chi connectivity index (χ2v) is 6.46. The molecule has 4 rings (SSSR count). The van der Waals surface area contributed by atoms with Crippen LogP contribution in [0.25, 0.3) is 0 Å². The first-order valence-electron chi connectivity index (χ1n) is 8.53. The number of anilines is 1. The molecule has 7 heteroatoms. The van der Waals surface area contributed by atoms with E-state index in [2.05, 4.69) is 15.3 Å². The largest absolute Gasteiger partial charge is 0.442 e. The molecule has 1 saturated heterocycles. The van der Waals surface area contributed by atoms with Crippen molar-refractivity contribution in [3.63, 3.8) is 0 Å². The van der Waals surface area contributed by atoms with Gasteiger partial charge in [-0.1, -0.05) is 18.2 Å². The third kappa shape index (κ3) is 3.22. The second-order valence-electron chi connectivity index (χ2n) is 6.46. The fourth-order valence-corrected chi connectivity index (χ4v) is 3.43. The third-order valence-corrected chi connectivity index (χ3v) is 4.80. The van der Waals surface area contributed by atoms with Crippen LogP contribution in [-0.4, -0.2) is 41.2 Å². The zero-order chi connectivity index (χ0) is 17.2. The number of carbonyl (C=O) groups excluding carboxylic acids is 2. The number of cyclic esters (lactones) is 1. The summed E-state index contributed by atoms with van der Waals surface area (Å²) in [5.74, 6) is -0.0512. The monoisotopic (exact) mass is 340 g/mol. The Balaban J connectivity index is 1.30. The molecule has 2 N–H and O–H groups in total. The Bertz CT molecular complexity index is 774. The summed E-state index contributed by atoms with van der Waals surface area (Å²) in [5.41, 5.74) is 2.92. The number of rotatable bonds is 4. The van der Waals surface area contributed by atoms with E-state index in [4.69, 9.17) is 4.74 Å². The normalized spacial score (nSPS) is 22.4. The number of ether oxygens (including phenoxy) is 1. The van der Waals surface area contributed by atoms with Crippen LogP contribution in [0.3, 0.4) is 0 Å².